The van der Waals surface area contributed by atoms with E-state index < -0.39 is 5.92 Å². The third-order valence-corrected chi connectivity index (χ3v) is 5.93. The molecule has 0 radical (unpaired) electrons. The fraction of sp³-hybridized carbons (Fsp3) is 0.148. The molecular formula is C27H23FN4O2. The Morgan fingerprint density at radius 1 is 1.06 bits per heavy atom. The first-order valence-corrected chi connectivity index (χ1v) is 11.1. The Kier molecular flexibility index (Phi) is 5.67. The van der Waals surface area contributed by atoms with Crippen molar-refractivity contribution in [2.45, 2.75) is 19.8 Å². The second-order valence-electron chi connectivity index (χ2n) is 8.44. The van der Waals surface area contributed by atoms with Crippen LogP contribution in [0.5, 0.6) is 0 Å². The molecule has 0 saturated carbocycles. The minimum absolute atomic E-state index is 0.00654. The van der Waals surface area contributed by atoms with Gasteiger partial charge in [0.1, 0.15) is 11.6 Å². The van der Waals surface area contributed by atoms with Crippen molar-refractivity contribution in [2.24, 2.45) is 5.92 Å². The Balaban J connectivity index is 1.46. The van der Waals surface area contributed by atoms with Crippen LogP contribution in [-0.2, 0) is 16.0 Å². The highest BCUT2D eigenvalue weighted by Crippen LogP contribution is 2.37. The Bertz CT molecular complexity index is 1350. The van der Waals surface area contributed by atoms with Gasteiger partial charge >= 0.3 is 0 Å². The van der Waals surface area contributed by atoms with Crippen LogP contribution >= 0.6 is 0 Å². The molecule has 1 aromatic heterocycles. The number of rotatable bonds is 5. The number of carbonyl (C=O) groups is 2. The summed E-state index contributed by atoms with van der Waals surface area (Å²) >= 11 is 0. The number of benzene rings is 3. The summed E-state index contributed by atoms with van der Waals surface area (Å²) in [5, 5.41) is 10.6. The van der Waals surface area contributed by atoms with Crippen molar-refractivity contribution in [3.8, 4) is 16.9 Å². The molecule has 3 aromatic carbocycles. The van der Waals surface area contributed by atoms with Gasteiger partial charge in [0.25, 0.3) is 0 Å². The molecule has 2 N–H and O–H groups in total. The molecule has 1 aliphatic heterocycles. The zero-order valence-corrected chi connectivity index (χ0v) is 18.6. The summed E-state index contributed by atoms with van der Waals surface area (Å²) in [6.07, 6.45) is 0.390. The van der Waals surface area contributed by atoms with E-state index in [2.05, 4.69) is 10.6 Å². The predicted molar refractivity (Wildman–Crippen MR) is 129 cm³/mol. The van der Waals surface area contributed by atoms with Gasteiger partial charge in [-0.2, -0.15) is 5.10 Å². The number of anilines is 2. The molecule has 0 bridgehead atoms. The van der Waals surface area contributed by atoms with Crippen molar-refractivity contribution < 1.29 is 14.0 Å². The lowest BCUT2D eigenvalue weighted by atomic mass is 9.90. The lowest BCUT2D eigenvalue weighted by Gasteiger charge is -2.23. The number of carbonyl (C=O) groups excluding carboxylic acids is 2. The third kappa shape index (κ3) is 4.32. The first kappa shape index (κ1) is 21.6. The predicted octanol–water partition coefficient (Wildman–Crippen LogP) is 5.13. The third-order valence-electron chi connectivity index (χ3n) is 5.93. The van der Waals surface area contributed by atoms with E-state index >= 15 is 0 Å². The molecule has 5 rings (SSSR count). The van der Waals surface area contributed by atoms with E-state index in [0.29, 0.717) is 17.9 Å². The first-order chi connectivity index (χ1) is 16.5. The molecule has 0 saturated heterocycles. The van der Waals surface area contributed by atoms with Crippen LogP contribution in [0.1, 0.15) is 17.5 Å². The Morgan fingerprint density at radius 3 is 2.47 bits per heavy atom. The summed E-state index contributed by atoms with van der Waals surface area (Å²) in [7, 11) is 0. The topological polar surface area (TPSA) is 76.0 Å². The average molecular weight is 455 g/mol. The number of nitrogens with one attached hydrogen (secondary N) is 2. The van der Waals surface area contributed by atoms with Crippen LogP contribution in [0.4, 0.5) is 15.9 Å². The molecule has 1 unspecified atom stereocenters. The maximum atomic E-state index is 13.1. The highest BCUT2D eigenvalue weighted by Gasteiger charge is 2.34. The molecule has 2 amide bonds. The molecule has 1 atom stereocenters. The van der Waals surface area contributed by atoms with Gasteiger partial charge in [-0.15, -0.1) is 0 Å². The summed E-state index contributed by atoms with van der Waals surface area (Å²) in [5.41, 5.74) is 5.07. The van der Waals surface area contributed by atoms with Crippen molar-refractivity contribution >= 4 is 23.3 Å². The molecule has 0 spiro atoms. The largest absolute Gasteiger partial charge is 0.326 e. The van der Waals surface area contributed by atoms with Crippen molar-refractivity contribution in [3.63, 3.8) is 0 Å². The van der Waals surface area contributed by atoms with Gasteiger partial charge in [0.15, 0.2) is 0 Å². The normalized spacial score (nSPS) is 14.9. The Labute approximate surface area is 196 Å². The van der Waals surface area contributed by atoms with Crippen LogP contribution in [-0.4, -0.2) is 21.6 Å². The quantitative estimate of drug-likeness (QED) is 0.439. The van der Waals surface area contributed by atoms with Crippen molar-refractivity contribution in [1.29, 1.82) is 0 Å². The number of amides is 2. The molecule has 7 heteroatoms. The molecule has 6 nitrogen and oxygen atoms in total. The van der Waals surface area contributed by atoms with Crippen LogP contribution in [0.3, 0.4) is 0 Å². The molecule has 0 aliphatic carbocycles. The number of hydrogen-bond acceptors (Lipinski definition) is 3. The van der Waals surface area contributed by atoms with Gasteiger partial charge in [-0.05, 0) is 49.7 Å². The molecule has 0 fully saturated rings. The zero-order chi connectivity index (χ0) is 23.7. The fourth-order valence-corrected chi connectivity index (χ4v) is 4.16. The average Bonchev–Trinajstić information content (AvgIpc) is 3.20. The molecule has 2 heterocycles. The summed E-state index contributed by atoms with van der Waals surface area (Å²) in [5.74, 6) is -0.831. The van der Waals surface area contributed by atoms with E-state index in [4.69, 9.17) is 5.10 Å². The SMILES string of the molecule is Cc1ccc(-n2nc(-c3ccccc3)c3c2NC(=O)C(CC(=O)Nc2ccc(F)cc2)C3)cc1. The Morgan fingerprint density at radius 2 is 1.76 bits per heavy atom. The van der Waals surface area contributed by atoms with Gasteiger partial charge in [-0.1, -0.05) is 48.0 Å². The number of aromatic nitrogens is 2. The van der Waals surface area contributed by atoms with E-state index in [1.165, 1.54) is 24.3 Å². The van der Waals surface area contributed by atoms with Crippen molar-refractivity contribution in [1.82, 2.24) is 9.78 Å². The lowest BCUT2D eigenvalue weighted by Crippen LogP contribution is -2.33. The molecule has 4 aromatic rings. The van der Waals surface area contributed by atoms with Gasteiger partial charge in [-0.3, -0.25) is 9.59 Å². The summed E-state index contributed by atoms with van der Waals surface area (Å²) in [4.78, 5) is 25.6. The van der Waals surface area contributed by atoms with Gasteiger partial charge in [-0.25, -0.2) is 9.07 Å². The highest BCUT2D eigenvalue weighted by atomic mass is 19.1. The van der Waals surface area contributed by atoms with Crippen LogP contribution < -0.4 is 10.6 Å². The standard InChI is InChI=1S/C27H23FN4O2/c1-17-7-13-22(14-8-17)32-26-23(25(31-32)18-5-3-2-4-6-18)15-19(27(34)30-26)16-24(33)29-21-11-9-20(28)10-12-21/h2-14,19H,15-16H2,1H3,(H,29,33)(H,30,34). The zero-order valence-electron chi connectivity index (χ0n) is 18.6. The smallest absolute Gasteiger partial charge is 0.229 e. The number of hydrogen-bond donors (Lipinski definition) is 2. The molecule has 1 aliphatic rings. The first-order valence-electron chi connectivity index (χ1n) is 11.1. The number of aryl methyl sites for hydroxylation is 1. The lowest BCUT2D eigenvalue weighted by molar-refractivity contribution is -0.125. The van der Waals surface area contributed by atoms with Gasteiger partial charge in [0.2, 0.25) is 11.8 Å². The van der Waals surface area contributed by atoms with Gasteiger partial charge in [0.05, 0.1) is 17.3 Å². The number of halogens is 1. The molecule has 170 valence electrons. The van der Waals surface area contributed by atoms with Gasteiger partial charge < -0.3 is 10.6 Å². The second-order valence-corrected chi connectivity index (χ2v) is 8.44. The summed E-state index contributed by atoms with van der Waals surface area (Å²) in [6, 6.07) is 23.3. The van der Waals surface area contributed by atoms with Crippen LogP contribution in [0, 0.1) is 18.7 Å². The minimum atomic E-state index is -0.550. The van der Waals surface area contributed by atoms with E-state index in [1.807, 2.05) is 61.5 Å². The maximum Gasteiger partial charge on any atom is 0.229 e. The van der Waals surface area contributed by atoms with Crippen molar-refractivity contribution in [3.05, 3.63) is 95.8 Å². The van der Waals surface area contributed by atoms with E-state index in [9.17, 15) is 14.0 Å². The Hall–Kier alpha value is -4.26. The maximum absolute atomic E-state index is 13.1. The monoisotopic (exact) mass is 454 g/mol. The van der Waals surface area contributed by atoms with E-state index in [1.54, 1.807) is 4.68 Å². The minimum Gasteiger partial charge on any atom is -0.326 e. The highest BCUT2D eigenvalue weighted by molar-refractivity contribution is 6.00. The molecule has 34 heavy (non-hydrogen) atoms. The second kappa shape index (κ2) is 8.94. The fourth-order valence-electron chi connectivity index (χ4n) is 4.16. The van der Waals surface area contributed by atoms with Gasteiger partial charge in [0, 0.05) is 23.2 Å². The number of fused-ring (bicyclic) bond motifs is 1. The van der Waals surface area contributed by atoms with Crippen LogP contribution in [0.2, 0.25) is 0 Å². The van der Waals surface area contributed by atoms with E-state index in [0.717, 1.165) is 28.1 Å². The number of nitrogens with zero attached hydrogens (tertiary/aromatic N) is 2. The summed E-state index contributed by atoms with van der Waals surface area (Å²) in [6.45, 7) is 2.01. The van der Waals surface area contributed by atoms with E-state index in [-0.39, 0.29) is 24.1 Å². The van der Waals surface area contributed by atoms with Crippen LogP contribution in [0.25, 0.3) is 16.9 Å². The molecular weight excluding hydrogens is 431 g/mol. The van der Waals surface area contributed by atoms with Crippen LogP contribution in [0.15, 0.2) is 78.9 Å². The van der Waals surface area contributed by atoms with Crippen molar-refractivity contribution in [2.75, 3.05) is 10.6 Å². The summed E-state index contributed by atoms with van der Waals surface area (Å²) < 4.78 is 14.9.